The number of fused-ring (bicyclic) bond motifs is 1. The van der Waals surface area contributed by atoms with Gasteiger partial charge in [-0.2, -0.15) is 0 Å². The Kier molecular flexibility index (Phi) is 5.63. The van der Waals surface area contributed by atoms with Crippen LogP contribution >= 0.6 is 0 Å². The number of pyridine rings is 1. The monoisotopic (exact) mass is 450 g/mol. The number of amides is 1. The highest BCUT2D eigenvalue weighted by atomic mass is 32.2. The molecule has 0 aliphatic heterocycles. The summed E-state index contributed by atoms with van der Waals surface area (Å²) in [6.45, 7) is 1.69. The van der Waals surface area contributed by atoms with Gasteiger partial charge < -0.3 is 10.1 Å². The normalized spacial score (nSPS) is 11.3. The predicted octanol–water partition coefficient (Wildman–Crippen LogP) is 5.13. The summed E-state index contributed by atoms with van der Waals surface area (Å²) in [5, 5.41) is 3.43. The number of sulfone groups is 1. The van der Waals surface area contributed by atoms with E-state index in [1.54, 1.807) is 31.2 Å². The second-order valence-corrected chi connectivity index (χ2v) is 9.32. The van der Waals surface area contributed by atoms with E-state index in [-0.39, 0.29) is 16.3 Å². The molecule has 0 unspecified atom stereocenters. The van der Waals surface area contributed by atoms with Crippen molar-refractivity contribution in [2.45, 2.75) is 11.8 Å². The number of halogens is 1. The Balaban J connectivity index is 1.75. The molecule has 1 amide bonds. The molecule has 1 heterocycles. The first-order valence-electron chi connectivity index (χ1n) is 9.66. The molecule has 0 bridgehead atoms. The van der Waals surface area contributed by atoms with E-state index < -0.39 is 21.6 Å². The van der Waals surface area contributed by atoms with E-state index in [2.05, 4.69) is 10.3 Å². The number of aromatic nitrogens is 1. The van der Waals surface area contributed by atoms with Crippen LogP contribution in [-0.2, 0) is 9.84 Å². The number of nitrogens with one attached hydrogen (secondary N) is 1. The third-order valence-electron chi connectivity index (χ3n) is 4.80. The average molecular weight is 450 g/mol. The Morgan fingerprint density at radius 3 is 2.53 bits per heavy atom. The fourth-order valence-corrected chi connectivity index (χ4v) is 3.84. The van der Waals surface area contributed by atoms with Crippen LogP contribution in [0.5, 0.6) is 11.6 Å². The molecule has 0 fully saturated rings. The van der Waals surface area contributed by atoms with Gasteiger partial charge in [0.1, 0.15) is 17.1 Å². The summed E-state index contributed by atoms with van der Waals surface area (Å²) in [7, 11) is -3.43. The van der Waals surface area contributed by atoms with E-state index >= 15 is 0 Å². The molecule has 0 saturated carbocycles. The maximum absolute atomic E-state index is 13.5. The zero-order chi connectivity index (χ0) is 22.9. The Labute approximate surface area is 184 Å². The number of benzene rings is 3. The lowest BCUT2D eigenvalue weighted by atomic mass is 10.1. The van der Waals surface area contributed by atoms with Crippen molar-refractivity contribution in [1.82, 2.24) is 4.98 Å². The quantitative estimate of drug-likeness (QED) is 0.456. The first-order chi connectivity index (χ1) is 15.2. The molecule has 1 N–H and O–H groups in total. The first-order valence-corrected chi connectivity index (χ1v) is 11.5. The van der Waals surface area contributed by atoms with E-state index in [0.717, 1.165) is 11.6 Å². The minimum Gasteiger partial charge on any atom is -0.438 e. The highest BCUT2D eigenvalue weighted by Crippen LogP contribution is 2.30. The number of anilines is 1. The second-order valence-electron chi connectivity index (χ2n) is 7.30. The molecular formula is C24H19FN2O4S. The summed E-state index contributed by atoms with van der Waals surface area (Å²) < 4.78 is 43.1. The Bertz CT molecular complexity index is 1450. The lowest BCUT2D eigenvalue weighted by Crippen LogP contribution is -2.14. The molecule has 0 saturated heterocycles. The maximum atomic E-state index is 13.5. The van der Waals surface area contributed by atoms with E-state index in [1.165, 1.54) is 30.3 Å². The number of nitrogens with zero attached hydrogens (tertiary/aromatic N) is 1. The number of carbonyl (C=O) groups excluding carboxylic acids is 1. The largest absolute Gasteiger partial charge is 0.438 e. The molecule has 32 heavy (non-hydrogen) atoms. The molecule has 1 aromatic heterocycles. The Morgan fingerprint density at radius 1 is 1.00 bits per heavy atom. The van der Waals surface area contributed by atoms with Crippen molar-refractivity contribution in [3.8, 4) is 11.6 Å². The van der Waals surface area contributed by atoms with Gasteiger partial charge in [0.2, 0.25) is 5.88 Å². The van der Waals surface area contributed by atoms with Crippen molar-refractivity contribution in [1.29, 1.82) is 0 Å². The van der Waals surface area contributed by atoms with Gasteiger partial charge in [-0.05, 0) is 61.0 Å². The van der Waals surface area contributed by atoms with Crippen LogP contribution in [0.25, 0.3) is 10.9 Å². The van der Waals surface area contributed by atoms with Gasteiger partial charge in [0.05, 0.1) is 10.4 Å². The number of carbonyl (C=O) groups is 1. The van der Waals surface area contributed by atoms with Gasteiger partial charge in [0, 0.05) is 17.3 Å². The van der Waals surface area contributed by atoms with Crippen molar-refractivity contribution in [3.63, 3.8) is 0 Å². The lowest BCUT2D eigenvalue weighted by molar-refractivity contribution is 0.102. The molecule has 6 nitrogen and oxygen atoms in total. The molecule has 0 aliphatic carbocycles. The number of hydrogen-bond acceptors (Lipinski definition) is 5. The number of ether oxygens (including phenoxy) is 1. The van der Waals surface area contributed by atoms with Gasteiger partial charge in [-0.25, -0.2) is 17.8 Å². The first kappa shape index (κ1) is 21.5. The van der Waals surface area contributed by atoms with Crippen LogP contribution in [0.3, 0.4) is 0 Å². The average Bonchev–Trinajstić information content (AvgIpc) is 2.75. The number of hydrogen-bond donors (Lipinski definition) is 1. The van der Waals surface area contributed by atoms with Crippen LogP contribution in [0.4, 0.5) is 10.1 Å². The van der Waals surface area contributed by atoms with E-state index in [1.807, 2.05) is 18.2 Å². The van der Waals surface area contributed by atoms with Crippen molar-refractivity contribution in [3.05, 3.63) is 89.7 Å². The van der Waals surface area contributed by atoms with E-state index in [4.69, 9.17) is 4.74 Å². The molecule has 8 heteroatoms. The van der Waals surface area contributed by atoms with Gasteiger partial charge in [-0.3, -0.25) is 4.79 Å². The highest BCUT2D eigenvalue weighted by Gasteiger charge is 2.18. The van der Waals surface area contributed by atoms with Crippen molar-refractivity contribution < 1.29 is 22.3 Å². The summed E-state index contributed by atoms with van der Waals surface area (Å²) in [5.41, 5.74) is 1.64. The minimum absolute atomic E-state index is 0.0511. The third-order valence-corrected chi connectivity index (χ3v) is 5.91. The fraction of sp³-hybridized carbons (Fsp3) is 0.0833. The topological polar surface area (TPSA) is 85.4 Å². The SMILES string of the molecule is Cc1cc(F)ccc1Oc1nc2ccccc2cc1C(=O)Nc1cccc(S(C)(=O)=O)c1. The van der Waals surface area contributed by atoms with Crippen molar-refractivity contribution >= 4 is 32.3 Å². The summed E-state index contributed by atoms with van der Waals surface area (Å²) in [4.78, 5) is 17.7. The van der Waals surface area contributed by atoms with E-state index in [0.29, 0.717) is 22.5 Å². The summed E-state index contributed by atoms with van der Waals surface area (Å²) in [5.74, 6) is -0.508. The number of para-hydroxylation sites is 1. The second kappa shape index (κ2) is 8.39. The Morgan fingerprint density at radius 2 is 1.78 bits per heavy atom. The van der Waals surface area contributed by atoms with Crippen LogP contribution in [0.15, 0.2) is 77.7 Å². The van der Waals surface area contributed by atoms with Gasteiger partial charge in [-0.1, -0.05) is 24.3 Å². The standard InChI is InChI=1S/C24H19FN2O4S/c1-15-12-17(25)10-11-22(15)31-24-20(13-16-6-3-4-9-21(16)27-24)23(28)26-18-7-5-8-19(14-18)32(2,29)30/h3-14H,1-2H3,(H,26,28). The minimum atomic E-state index is -3.43. The molecule has 0 spiro atoms. The lowest BCUT2D eigenvalue weighted by Gasteiger charge is -2.14. The molecule has 4 aromatic rings. The fourth-order valence-electron chi connectivity index (χ4n) is 3.17. The smallest absolute Gasteiger partial charge is 0.261 e. The molecule has 0 atom stereocenters. The predicted molar refractivity (Wildman–Crippen MR) is 120 cm³/mol. The Hall–Kier alpha value is -3.78. The zero-order valence-corrected chi connectivity index (χ0v) is 18.1. The summed E-state index contributed by atoms with van der Waals surface area (Å²) in [6, 6.07) is 18.9. The summed E-state index contributed by atoms with van der Waals surface area (Å²) >= 11 is 0. The van der Waals surface area contributed by atoms with Crippen molar-refractivity contribution in [2.24, 2.45) is 0 Å². The van der Waals surface area contributed by atoms with Crippen LogP contribution < -0.4 is 10.1 Å². The van der Waals surface area contributed by atoms with Crippen LogP contribution in [0, 0.1) is 12.7 Å². The molecule has 4 rings (SSSR count). The number of aryl methyl sites for hydroxylation is 1. The van der Waals surface area contributed by atoms with Gasteiger partial charge in [-0.15, -0.1) is 0 Å². The van der Waals surface area contributed by atoms with E-state index in [9.17, 15) is 17.6 Å². The zero-order valence-electron chi connectivity index (χ0n) is 17.3. The van der Waals surface area contributed by atoms with Crippen LogP contribution in [0.2, 0.25) is 0 Å². The van der Waals surface area contributed by atoms with Gasteiger partial charge >= 0.3 is 0 Å². The molecule has 0 radical (unpaired) electrons. The molecule has 3 aromatic carbocycles. The number of rotatable bonds is 5. The third kappa shape index (κ3) is 4.60. The molecule has 162 valence electrons. The molecule has 0 aliphatic rings. The summed E-state index contributed by atoms with van der Waals surface area (Å²) in [6.07, 6.45) is 1.10. The van der Waals surface area contributed by atoms with Gasteiger partial charge in [0.15, 0.2) is 9.84 Å². The van der Waals surface area contributed by atoms with Gasteiger partial charge in [0.25, 0.3) is 5.91 Å². The van der Waals surface area contributed by atoms with Crippen LogP contribution in [-0.4, -0.2) is 25.6 Å². The highest BCUT2D eigenvalue weighted by molar-refractivity contribution is 7.90. The molecular weight excluding hydrogens is 431 g/mol. The maximum Gasteiger partial charge on any atom is 0.261 e. The van der Waals surface area contributed by atoms with Crippen LogP contribution in [0.1, 0.15) is 15.9 Å². The van der Waals surface area contributed by atoms with Crippen molar-refractivity contribution in [2.75, 3.05) is 11.6 Å².